The molecule has 1 N–H and O–H groups in total. The molecule has 2 aromatic heterocycles. The van der Waals surface area contributed by atoms with Gasteiger partial charge in [0.15, 0.2) is 10.7 Å². The Bertz CT molecular complexity index is 1050. The predicted octanol–water partition coefficient (Wildman–Crippen LogP) is 3.05. The van der Waals surface area contributed by atoms with Gasteiger partial charge >= 0.3 is 4.87 Å². The first-order valence-electron chi connectivity index (χ1n) is 7.31. The molecule has 0 aliphatic heterocycles. The minimum Gasteiger partial charge on any atom is -0.360 e. The van der Waals surface area contributed by atoms with Crippen molar-refractivity contribution in [1.82, 2.24) is 9.72 Å². The number of hydrogen-bond donors (Lipinski definition) is 1. The normalized spacial score (nSPS) is 12.2. The highest BCUT2D eigenvalue weighted by Gasteiger charge is 2.24. The zero-order chi connectivity index (χ0) is 17.6. The van der Waals surface area contributed by atoms with Gasteiger partial charge in [0.05, 0.1) is 15.9 Å². The Morgan fingerprint density at radius 2 is 2.00 bits per heavy atom. The van der Waals surface area contributed by atoms with Crippen molar-refractivity contribution in [1.29, 1.82) is 0 Å². The van der Waals surface area contributed by atoms with Crippen LogP contribution in [0.5, 0.6) is 0 Å². The van der Waals surface area contributed by atoms with E-state index in [0.29, 0.717) is 11.4 Å². The predicted molar refractivity (Wildman–Crippen MR) is 93.3 cm³/mol. The number of sulfonamides is 1. The van der Waals surface area contributed by atoms with Crippen LogP contribution >= 0.6 is 11.3 Å². The van der Waals surface area contributed by atoms with Crippen LogP contribution < -0.4 is 9.60 Å². The Kier molecular flexibility index (Phi) is 4.00. The molecular weight excluding hydrogens is 350 g/mol. The molecule has 2 heterocycles. The summed E-state index contributed by atoms with van der Waals surface area (Å²) < 4.78 is 35.0. The van der Waals surface area contributed by atoms with Crippen LogP contribution in [0.4, 0.5) is 5.69 Å². The van der Waals surface area contributed by atoms with E-state index in [1.807, 2.05) is 13.8 Å². The van der Waals surface area contributed by atoms with E-state index in [4.69, 9.17) is 4.52 Å². The van der Waals surface area contributed by atoms with Crippen LogP contribution in [0.2, 0.25) is 0 Å². The van der Waals surface area contributed by atoms with E-state index in [2.05, 4.69) is 9.88 Å². The van der Waals surface area contributed by atoms with Crippen LogP contribution in [0.1, 0.15) is 31.3 Å². The summed E-state index contributed by atoms with van der Waals surface area (Å²) in [5, 5.41) is 3.67. The van der Waals surface area contributed by atoms with Crippen molar-refractivity contribution in [3.63, 3.8) is 0 Å². The zero-order valence-corrected chi connectivity index (χ0v) is 15.3. The topological polar surface area (TPSA) is 94.2 Å². The number of nitrogens with zero attached hydrogens (tertiary/aromatic N) is 2. The maximum atomic E-state index is 12.5. The molecule has 128 valence electrons. The summed E-state index contributed by atoms with van der Waals surface area (Å²) in [5.74, 6) is 0.233. The van der Waals surface area contributed by atoms with Crippen molar-refractivity contribution < 1.29 is 12.9 Å². The molecule has 24 heavy (non-hydrogen) atoms. The molecule has 0 saturated carbocycles. The first-order chi connectivity index (χ1) is 11.2. The number of hydrogen-bond acceptors (Lipinski definition) is 6. The third kappa shape index (κ3) is 2.73. The van der Waals surface area contributed by atoms with Gasteiger partial charge in [-0.3, -0.25) is 14.1 Å². The van der Waals surface area contributed by atoms with Gasteiger partial charge < -0.3 is 4.52 Å². The number of aryl methyl sites for hydroxylation is 2. The van der Waals surface area contributed by atoms with E-state index in [-0.39, 0.29) is 21.6 Å². The van der Waals surface area contributed by atoms with Gasteiger partial charge in [0.25, 0.3) is 10.0 Å². The Morgan fingerprint density at radius 1 is 1.29 bits per heavy atom. The van der Waals surface area contributed by atoms with Gasteiger partial charge in [0.2, 0.25) is 0 Å². The van der Waals surface area contributed by atoms with Crippen LogP contribution in [0.3, 0.4) is 0 Å². The summed E-state index contributed by atoms with van der Waals surface area (Å²) in [5.41, 5.74) is 1.48. The molecule has 9 heteroatoms. The van der Waals surface area contributed by atoms with E-state index in [1.165, 1.54) is 0 Å². The van der Waals surface area contributed by atoms with Crippen molar-refractivity contribution in [2.45, 2.75) is 38.6 Å². The minimum absolute atomic E-state index is 0.0375. The quantitative estimate of drug-likeness (QED) is 0.765. The average molecular weight is 367 g/mol. The molecule has 0 aliphatic rings. The van der Waals surface area contributed by atoms with Gasteiger partial charge in [-0.25, -0.2) is 8.42 Å². The molecule has 0 aliphatic carbocycles. The number of rotatable bonds is 4. The lowest BCUT2D eigenvalue weighted by atomic mass is 10.3. The van der Waals surface area contributed by atoms with E-state index in [9.17, 15) is 13.2 Å². The molecule has 0 radical (unpaired) electrons. The molecule has 0 spiro atoms. The number of benzene rings is 1. The molecule has 0 bridgehead atoms. The highest BCUT2D eigenvalue weighted by atomic mass is 32.2. The Hall–Kier alpha value is -2.13. The van der Waals surface area contributed by atoms with Gasteiger partial charge in [-0.15, -0.1) is 0 Å². The minimum atomic E-state index is -3.81. The number of fused-ring (bicyclic) bond motifs is 1. The second-order valence-electron chi connectivity index (χ2n) is 5.77. The summed E-state index contributed by atoms with van der Waals surface area (Å²) in [4.78, 5) is 12.0. The van der Waals surface area contributed by atoms with E-state index >= 15 is 0 Å². The van der Waals surface area contributed by atoms with Gasteiger partial charge in [0.1, 0.15) is 5.69 Å². The van der Waals surface area contributed by atoms with E-state index < -0.39 is 10.0 Å². The highest BCUT2D eigenvalue weighted by molar-refractivity contribution is 7.92. The number of aromatic nitrogens is 2. The van der Waals surface area contributed by atoms with Crippen LogP contribution in [-0.4, -0.2) is 18.1 Å². The first-order valence-corrected chi connectivity index (χ1v) is 9.61. The number of nitrogens with one attached hydrogen (secondary N) is 1. The van der Waals surface area contributed by atoms with Crippen LogP contribution in [0.15, 0.2) is 32.4 Å². The van der Waals surface area contributed by atoms with Gasteiger partial charge in [-0.2, -0.15) is 0 Å². The summed E-state index contributed by atoms with van der Waals surface area (Å²) in [6, 6.07) is 5.09. The Labute approximate surface area is 143 Å². The summed E-state index contributed by atoms with van der Waals surface area (Å²) in [7, 11) is -3.81. The van der Waals surface area contributed by atoms with Crippen molar-refractivity contribution >= 4 is 37.3 Å². The van der Waals surface area contributed by atoms with Crippen LogP contribution in [0.25, 0.3) is 10.2 Å². The Balaban J connectivity index is 2.04. The fraction of sp³-hybridized carbons (Fsp3) is 0.333. The maximum Gasteiger partial charge on any atom is 0.308 e. The summed E-state index contributed by atoms with van der Waals surface area (Å²) in [6.07, 6.45) is 0. The SMILES string of the molecule is Cc1noc(C)c1S(=O)(=O)Nc1ccc2c(c1)sc(=O)n2C(C)C. The molecule has 7 nitrogen and oxygen atoms in total. The summed E-state index contributed by atoms with van der Waals surface area (Å²) >= 11 is 1.09. The molecule has 0 saturated heterocycles. The van der Waals surface area contributed by atoms with Crippen molar-refractivity contribution in [3.05, 3.63) is 39.3 Å². The van der Waals surface area contributed by atoms with Crippen molar-refractivity contribution in [3.8, 4) is 0 Å². The fourth-order valence-corrected chi connectivity index (χ4v) is 5.09. The summed E-state index contributed by atoms with van der Waals surface area (Å²) in [6.45, 7) is 6.98. The third-order valence-corrected chi connectivity index (χ3v) is 6.16. The first kappa shape index (κ1) is 16.7. The average Bonchev–Trinajstić information content (AvgIpc) is 2.96. The number of thiazole rings is 1. The van der Waals surface area contributed by atoms with E-state index in [1.54, 1.807) is 36.6 Å². The van der Waals surface area contributed by atoms with Crippen LogP contribution in [-0.2, 0) is 10.0 Å². The molecule has 1 aromatic carbocycles. The lowest BCUT2D eigenvalue weighted by Gasteiger charge is -2.09. The maximum absolute atomic E-state index is 12.5. The lowest BCUT2D eigenvalue weighted by Crippen LogP contribution is -2.15. The third-order valence-electron chi connectivity index (χ3n) is 3.62. The molecule has 0 amide bonds. The lowest BCUT2D eigenvalue weighted by molar-refractivity contribution is 0.390. The molecular formula is C15H17N3O4S2. The largest absolute Gasteiger partial charge is 0.360 e. The second-order valence-corrected chi connectivity index (χ2v) is 8.39. The van der Waals surface area contributed by atoms with Gasteiger partial charge in [-0.05, 0) is 45.9 Å². The van der Waals surface area contributed by atoms with E-state index in [0.717, 1.165) is 21.6 Å². The number of anilines is 1. The molecule has 0 atom stereocenters. The highest BCUT2D eigenvalue weighted by Crippen LogP contribution is 2.27. The Morgan fingerprint density at radius 3 is 2.58 bits per heavy atom. The smallest absolute Gasteiger partial charge is 0.308 e. The second kappa shape index (κ2) is 5.75. The van der Waals surface area contributed by atoms with Gasteiger partial charge in [-0.1, -0.05) is 16.5 Å². The van der Waals surface area contributed by atoms with Gasteiger partial charge in [0, 0.05) is 6.04 Å². The molecule has 0 unspecified atom stereocenters. The van der Waals surface area contributed by atoms with Crippen molar-refractivity contribution in [2.75, 3.05) is 4.72 Å². The fourth-order valence-electron chi connectivity index (χ4n) is 2.65. The zero-order valence-electron chi connectivity index (χ0n) is 13.7. The molecule has 3 aromatic rings. The molecule has 0 fully saturated rings. The van der Waals surface area contributed by atoms with Crippen LogP contribution in [0, 0.1) is 13.8 Å². The van der Waals surface area contributed by atoms with Crippen molar-refractivity contribution in [2.24, 2.45) is 0 Å². The standard InChI is InChI=1S/C15H17N3O4S2/c1-8(2)18-12-6-5-11(7-13(12)23-15(18)19)17-24(20,21)14-9(3)16-22-10(14)4/h5-8,17H,1-4H3. The monoisotopic (exact) mass is 367 g/mol. The molecule has 3 rings (SSSR count).